The lowest BCUT2D eigenvalue weighted by atomic mass is 10.0. The van der Waals surface area contributed by atoms with E-state index in [2.05, 4.69) is 0 Å². The maximum absolute atomic E-state index is 12.0. The summed E-state index contributed by atoms with van der Waals surface area (Å²) in [7, 11) is 0. The maximum atomic E-state index is 12.0. The van der Waals surface area contributed by atoms with Gasteiger partial charge in [0.15, 0.2) is 5.78 Å². The molecule has 1 fully saturated rings. The van der Waals surface area contributed by atoms with Gasteiger partial charge in [0.25, 0.3) is 0 Å². The lowest BCUT2D eigenvalue weighted by Gasteiger charge is -2.27. The van der Waals surface area contributed by atoms with Crippen molar-refractivity contribution in [1.29, 1.82) is 0 Å². The quantitative estimate of drug-likeness (QED) is 0.0933. The summed E-state index contributed by atoms with van der Waals surface area (Å²) in [6.45, 7) is 8.49. The van der Waals surface area contributed by atoms with Crippen molar-refractivity contribution >= 4 is 53.0 Å². The van der Waals surface area contributed by atoms with Gasteiger partial charge in [0, 0.05) is 35.2 Å². The van der Waals surface area contributed by atoms with Gasteiger partial charge < -0.3 is 19.3 Å². The first-order valence-electron chi connectivity index (χ1n) is 14.4. The SMILES string of the molecule is CCCc1c(OCCCCCSCC2CSC(CCC(=O)OCC)(CCC(=O)OCC)S2)ccc(C(C)=O)c1O. The van der Waals surface area contributed by atoms with Gasteiger partial charge in [-0.2, -0.15) is 11.8 Å². The highest BCUT2D eigenvalue weighted by molar-refractivity contribution is 8.22. The fourth-order valence-electron chi connectivity index (χ4n) is 4.55. The summed E-state index contributed by atoms with van der Waals surface area (Å²) in [6.07, 6.45) is 6.78. The van der Waals surface area contributed by atoms with Crippen LogP contribution in [-0.2, 0) is 25.5 Å². The number of hydrogen-bond donors (Lipinski definition) is 1. The number of unbranched alkanes of at least 4 members (excludes halogenated alkanes) is 2. The average molecular weight is 615 g/mol. The minimum Gasteiger partial charge on any atom is -0.507 e. The van der Waals surface area contributed by atoms with Crippen LogP contribution in [0.25, 0.3) is 0 Å². The van der Waals surface area contributed by atoms with E-state index in [1.165, 1.54) is 6.92 Å². The minimum atomic E-state index is -0.174. The normalized spacial score (nSPS) is 16.1. The van der Waals surface area contributed by atoms with Gasteiger partial charge in [0.05, 0.1) is 29.5 Å². The first-order valence-corrected chi connectivity index (χ1v) is 17.5. The molecule has 1 N–H and O–H groups in total. The van der Waals surface area contributed by atoms with Crippen LogP contribution in [0.3, 0.4) is 0 Å². The van der Waals surface area contributed by atoms with Crippen molar-refractivity contribution in [2.75, 3.05) is 37.1 Å². The third-order valence-corrected chi connectivity index (χ3v) is 11.8. The number of hydrogen-bond acceptors (Lipinski definition) is 10. The summed E-state index contributed by atoms with van der Waals surface area (Å²) in [4.78, 5) is 35.7. The molecule has 1 aromatic carbocycles. The molecule has 1 atom stereocenters. The van der Waals surface area contributed by atoms with Crippen LogP contribution < -0.4 is 4.74 Å². The molecule has 1 saturated heterocycles. The molecule has 1 aromatic rings. The van der Waals surface area contributed by atoms with E-state index in [0.29, 0.717) is 68.5 Å². The summed E-state index contributed by atoms with van der Waals surface area (Å²) < 4.78 is 16.1. The Labute approximate surface area is 252 Å². The average Bonchev–Trinajstić information content (AvgIpc) is 3.33. The topological polar surface area (TPSA) is 99.1 Å². The number of thioether (sulfide) groups is 3. The predicted molar refractivity (Wildman–Crippen MR) is 167 cm³/mol. The molecule has 7 nitrogen and oxygen atoms in total. The third kappa shape index (κ3) is 11.8. The zero-order chi connectivity index (χ0) is 29.4. The number of ketones is 1. The lowest BCUT2D eigenvalue weighted by Crippen LogP contribution is -2.22. The molecule has 40 heavy (non-hydrogen) atoms. The molecule has 10 heteroatoms. The zero-order valence-corrected chi connectivity index (χ0v) is 26.9. The Bertz CT molecular complexity index is 931. The standard InChI is InChI=1S/C30H46O7S3/c1-5-11-25-26(13-12-24(22(4)31)29(25)34)37-18-9-8-10-19-38-20-23-21-39-30(40-23,16-14-27(32)35-6-2)17-15-28(33)36-7-3/h12-13,23,34H,5-11,14-21H2,1-4H3. The Morgan fingerprint density at radius 1 is 1.02 bits per heavy atom. The molecule has 1 aliphatic heterocycles. The molecule has 0 aliphatic carbocycles. The second kappa shape index (κ2) is 18.8. The van der Waals surface area contributed by atoms with Gasteiger partial charge in [0.1, 0.15) is 11.5 Å². The van der Waals surface area contributed by atoms with Gasteiger partial charge in [0.2, 0.25) is 0 Å². The van der Waals surface area contributed by atoms with Crippen molar-refractivity contribution in [2.45, 2.75) is 94.8 Å². The molecule has 0 bridgehead atoms. The van der Waals surface area contributed by atoms with Crippen LogP contribution in [0, 0.1) is 0 Å². The highest BCUT2D eigenvalue weighted by atomic mass is 32.2. The highest BCUT2D eigenvalue weighted by Gasteiger charge is 2.41. The van der Waals surface area contributed by atoms with Crippen molar-refractivity contribution in [2.24, 2.45) is 0 Å². The fourth-order valence-corrected chi connectivity index (χ4v) is 9.72. The molecular formula is C30H46O7S3. The number of ether oxygens (including phenoxy) is 3. The molecule has 0 spiro atoms. The molecule has 2 rings (SSSR count). The first-order chi connectivity index (χ1) is 19.2. The van der Waals surface area contributed by atoms with E-state index in [-0.39, 0.29) is 27.6 Å². The van der Waals surface area contributed by atoms with Crippen molar-refractivity contribution in [3.63, 3.8) is 0 Å². The van der Waals surface area contributed by atoms with Crippen LogP contribution in [0.2, 0.25) is 0 Å². The van der Waals surface area contributed by atoms with E-state index in [1.807, 2.05) is 56.1 Å². The molecule has 1 unspecified atom stereocenters. The molecule has 0 saturated carbocycles. The van der Waals surface area contributed by atoms with Crippen LogP contribution in [0.4, 0.5) is 0 Å². The van der Waals surface area contributed by atoms with Crippen LogP contribution >= 0.6 is 35.3 Å². The summed E-state index contributed by atoms with van der Waals surface area (Å²) in [5.74, 6) is 3.38. The van der Waals surface area contributed by atoms with E-state index in [4.69, 9.17) is 14.2 Å². The Hall–Kier alpha value is -1.52. The smallest absolute Gasteiger partial charge is 0.305 e. The zero-order valence-electron chi connectivity index (χ0n) is 24.5. The molecule has 1 heterocycles. The maximum Gasteiger partial charge on any atom is 0.305 e. The summed E-state index contributed by atoms with van der Waals surface area (Å²) in [6, 6.07) is 3.44. The van der Waals surface area contributed by atoms with Crippen molar-refractivity contribution in [1.82, 2.24) is 0 Å². The summed E-state index contributed by atoms with van der Waals surface area (Å²) in [5.41, 5.74) is 1.07. The monoisotopic (exact) mass is 614 g/mol. The van der Waals surface area contributed by atoms with E-state index in [9.17, 15) is 19.5 Å². The number of benzene rings is 1. The van der Waals surface area contributed by atoms with Crippen molar-refractivity contribution < 1.29 is 33.7 Å². The number of esters is 2. The van der Waals surface area contributed by atoms with E-state index < -0.39 is 0 Å². The lowest BCUT2D eigenvalue weighted by molar-refractivity contribution is -0.143. The molecule has 1 aliphatic rings. The summed E-state index contributed by atoms with van der Waals surface area (Å²) >= 11 is 5.76. The Kier molecular flexibility index (Phi) is 16.3. The van der Waals surface area contributed by atoms with Gasteiger partial charge in [-0.15, -0.1) is 23.5 Å². The van der Waals surface area contributed by atoms with Crippen LogP contribution in [-0.4, -0.2) is 69.2 Å². The number of rotatable bonds is 20. The number of carbonyl (C=O) groups is 3. The van der Waals surface area contributed by atoms with Crippen molar-refractivity contribution in [3.8, 4) is 11.5 Å². The van der Waals surface area contributed by atoms with E-state index in [0.717, 1.165) is 48.5 Å². The first kappa shape index (κ1) is 34.7. The predicted octanol–water partition coefficient (Wildman–Crippen LogP) is 7.06. The Morgan fingerprint density at radius 2 is 1.70 bits per heavy atom. The molecule has 0 aromatic heterocycles. The highest BCUT2D eigenvalue weighted by Crippen LogP contribution is 2.54. The van der Waals surface area contributed by atoms with Gasteiger partial charge in [-0.05, 0) is 77.2 Å². The molecular weight excluding hydrogens is 569 g/mol. The summed E-state index contributed by atoms with van der Waals surface area (Å²) in [5, 5.41) is 11.0. The van der Waals surface area contributed by atoms with E-state index in [1.54, 1.807) is 12.1 Å². The number of aromatic hydroxyl groups is 1. The van der Waals surface area contributed by atoms with Crippen LogP contribution in [0.15, 0.2) is 12.1 Å². The second-order valence-electron chi connectivity index (χ2n) is 9.80. The van der Waals surface area contributed by atoms with Crippen LogP contribution in [0.1, 0.15) is 95.0 Å². The second-order valence-corrected chi connectivity index (χ2v) is 14.3. The van der Waals surface area contributed by atoms with Gasteiger partial charge >= 0.3 is 11.9 Å². The number of Topliss-reactive ketones (excluding diaryl/α,β-unsaturated/α-hetero) is 1. The minimum absolute atomic E-state index is 0.0528. The number of phenols is 1. The van der Waals surface area contributed by atoms with Gasteiger partial charge in [-0.25, -0.2) is 0 Å². The largest absolute Gasteiger partial charge is 0.507 e. The molecule has 226 valence electrons. The Morgan fingerprint density at radius 3 is 2.30 bits per heavy atom. The number of carbonyl (C=O) groups excluding carboxylic acids is 3. The Balaban J connectivity index is 1.71. The van der Waals surface area contributed by atoms with Crippen molar-refractivity contribution in [3.05, 3.63) is 23.3 Å². The van der Waals surface area contributed by atoms with E-state index >= 15 is 0 Å². The molecule has 0 radical (unpaired) electrons. The van der Waals surface area contributed by atoms with Gasteiger partial charge in [-0.3, -0.25) is 14.4 Å². The van der Waals surface area contributed by atoms with Crippen LogP contribution in [0.5, 0.6) is 11.5 Å². The fraction of sp³-hybridized carbons (Fsp3) is 0.700. The molecule has 0 amide bonds. The third-order valence-electron chi connectivity index (χ3n) is 6.56. The number of phenolic OH excluding ortho intramolecular Hbond substituents is 1. The van der Waals surface area contributed by atoms with Gasteiger partial charge in [-0.1, -0.05) is 13.3 Å².